The number of nitro benzene ring substituents is 1. The summed E-state index contributed by atoms with van der Waals surface area (Å²) in [6.07, 6.45) is 0.938. The molecule has 1 aromatic rings. The van der Waals surface area contributed by atoms with Crippen molar-refractivity contribution in [3.05, 3.63) is 33.9 Å². The number of nitrogen functional groups attached to an aromatic ring is 1. The van der Waals surface area contributed by atoms with E-state index in [1.54, 1.807) is 0 Å². The maximum absolute atomic E-state index is 12.0. The minimum Gasteiger partial charge on any atom is -0.349 e. The summed E-state index contributed by atoms with van der Waals surface area (Å²) in [4.78, 5) is 22.2. The molecule has 1 amide bonds. The summed E-state index contributed by atoms with van der Waals surface area (Å²) in [5.41, 5.74) is 2.67. The third-order valence-corrected chi connectivity index (χ3v) is 3.43. The minimum atomic E-state index is -0.555. The highest BCUT2D eigenvalue weighted by molar-refractivity contribution is 5.96. The summed E-state index contributed by atoms with van der Waals surface area (Å²) >= 11 is 0. The van der Waals surface area contributed by atoms with Crippen LogP contribution in [0.1, 0.15) is 30.6 Å². The number of anilines is 1. The van der Waals surface area contributed by atoms with Crippen LogP contribution >= 0.6 is 0 Å². The van der Waals surface area contributed by atoms with Gasteiger partial charge in [0.2, 0.25) is 0 Å². The fourth-order valence-corrected chi connectivity index (χ4v) is 1.91. The largest absolute Gasteiger partial charge is 0.349 e. The summed E-state index contributed by atoms with van der Waals surface area (Å²) in [6, 6.07) is 4.22. The highest BCUT2D eigenvalue weighted by Gasteiger charge is 2.46. The highest BCUT2D eigenvalue weighted by Crippen LogP contribution is 2.44. The van der Waals surface area contributed by atoms with Gasteiger partial charge in [0, 0.05) is 17.7 Å². The normalized spacial score (nSPS) is 19.6. The quantitative estimate of drug-likeness (QED) is 0.432. The van der Waals surface area contributed by atoms with Crippen LogP contribution in [0.5, 0.6) is 0 Å². The molecule has 19 heavy (non-hydrogen) atoms. The van der Waals surface area contributed by atoms with Crippen LogP contribution < -0.4 is 16.6 Å². The number of hydrazine groups is 1. The van der Waals surface area contributed by atoms with E-state index in [0.29, 0.717) is 5.56 Å². The molecule has 0 spiro atoms. The molecule has 7 nitrogen and oxygen atoms in total. The first-order valence-corrected chi connectivity index (χ1v) is 5.91. The molecule has 4 N–H and O–H groups in total. The summed E-state index contributed by atoms with van der Waals surface area (Å²) in [6.45, 7) is 4.14. The number of rotatable bonds is 4. The van der Waals surface area contributed by atoms with Crippen molar-refractivity contribution in [1.82, 2.24) is 5.32 Å². The van der Waals surface area contributed by atoms with E-state index in [-0.39, 0.29) is 28.7 Å². The Bertz CT molecular complexity index is 542. The second kappa shape index (κ2) is 4.51. The van der Waals surface area contributed by atoms with Gasteiger partial charge in [-0.2, -0.15) is 0 Å². The zero-order valence-corrected chi connectivity index (χ0v) is 10.8. The van der Waals surface area contributed by atoms with Crippen molar-refractivity contribution in [2.75, 3.05) is 5.43 Å². The molecule has 1 aromatic carbocycles. The third-order valence-electron chi connectivity index (χ3n) is 3.43. The lowest BCUT2D eigenvalue weighted by molar-refractivity contribution is -0.384. The Kier molecular flexibility index (Phi) is 3.15. The first-order valence-electron chi connectivity index (χ1n) is 5.91. The maximum Gasteiger partial charge on any atom is 0.293 e. The molecule has 1 aliphatic rings. The average Bonchev–Trinajstić information content (AvgIpc) is 2.95. The lowest BCUT2D eigenvalue weighted by Gasteiger charge is -2.08. The van der Waals surface area contributed by atoms with Gasteiger partial charge in [0.05, 0.1) is 4.92 Å². The molecule has 2 rings (SSSR count). The molecule has 1 unspecified atom stereocenters. The summed E-state index contributed by atoms with van der Waals surface area (Å²) in [7, 11) is 0. The monoisotopic (exact) mass is 264 g/mol. The number of nitrogens with one attached hydrogen (secondary N) is 2. The number of nitrogens with two attached hydrogens (primary N) is 1. The number of carbonyl (C=O) groups excluding carboxylic acids is 1. The number of amides is 1. The van der Waals surface area contributed by atoms with Crippen LogP contribution in [0.2, 0.25) is 0 Å². The number of benzene rings is 1. The zero-order chi connectivity index (χ0) is 14.2. The molecule has 0 aromatic heterocycles. The Hall–Kier alpha value is -2.15. The van der Waals surface area contributed by atoms with Crippen LogP contribution in [0.15, 0.2) is 18.2 Å². The SMILES string of the molecule is CC1(C)CC1NC(=O)c1ccc([N+](=O)[O-])c(NN)c1. The van der Waals surface area contributed by atoms with E-state index in [1.165, 1.54) is 18.2 Å². The number of nitro groups is 1. The molecular weight excluding hydrogens is 248 g/mol. The van der Waals surface area contributed by atoms with Gasteiger partial charge in [-0.1, -0.05) is 13.8 Å². The van der Waals surface area contributed by atoms with E-state index in [4.69, 9.17) is 5.84 Å². The molecule has 1 saturated carbocycles. The van der Waals surface area contributed by atoms with Crippen molar-refractivity contribution >= 4 is 17.3 Å². The first kappa shape index (κ1) is 13.3. The van der Waals surface area contributed by atoms with E-state index in [2.05, 4.69) is 24.6 Å². The third kappa shape index (κ3) is 2.65. The fourth-order valence-electron chi connectivity index (χ4n) is 1.91. The van der Waals surface area contributed by atoms with Gasteiger partial charge in [-0.25, -0.2) is 0 Å². The molecule has 1 atom stereocenters. The van der Waals surface area contributed by atoms with Crippen LogP contribution in [0.3, 0.4) is 0 Å². The molecule has 0 bridgehead atoms. The summed E-state index contributed by atoms with van der Waals surface area (Å²) < 4.78 is 0. The van der Waals surface area contributed by atoms with Crippen LogP contribution in [0, 0.1) is 15.5 Å². The highest BCUT2D eigenvalue weighted by atomic mass is 16.6. The van der Waals surface area contributed by atoms with Gasteiger partial charge in [0.15, 0.2) is 0 Å². The van der Waals surface area contributed by atoms with Crippen molar-refractivity contribution in [1.29, 1.82) is 0 Å². The van der Waals surface area contributed by atoms with Gasteiger partial charge in [0.25, 0.3) is 11.6 Å². The standard InChI is InChI=1S/C12H16N4O3/c1-12(2)6-10(12)14-11(17)7-3-4-9(16(18)19)8(5-7)15-13/h3-5,10,15H,6,13H2,1-2H3,(H,14,17). The predicted octanol–water partition coefficient (Wildman–Crippen LogP) is 1.41. The molecule has 1 aliphatic carbocycles. The van der Waals surface area contributed by atoms with Gasteiger partial charge >= 0.3 is 0 Å². The topological polar surface area (TPSA) is 110 Å². The predicted molar refractivity (Wildman–Crippen MR) is 70.6 cm³/mol. The molecular formula is C12H16N4O3. The summed E-state index contributed by atoms with van der Waals surface area (Å²) in [5, 5.41) is 13.6. The lowest BCUT2D eigenvalue weighted by Crippen LogP contribution is -2.28. The average molecular weight is 264 g/mol. The minimum absolute atomic E-state index is 0.118. The number of nitrogens with zero attached hydrogens (tertiary/aromatic N) is 1. The fraction of sp³-hybridized carbons (Fsp3) is 0.417. The van der Waals surface area contributed by atoms with Gasteiger partial charge in [-0.05, 0) is 24.0 Å². The molecule has 0 aliphatic heterocycles. The van der Waals surface area contributed by atoms with Crippen LogP contribution in [0.25, 0.3) is 0 Å². The van der Waals surface area contributed by atoms with Crippen molar-refractivity contribution in [3.63, 3.8) is 0 Å². The summed E-state index contributed by atoms with van der Waals surface area (Å²) in [5.74, 6) is 4.98. The smallest absolute Gasteiger partial charge is 0.293 e. The van der Waals surface area contributed by atoms with E-state index < -0.39 is 4.92 Å². The Labute approximate surface area is 110 Å². The molecule has 1 fully saturated rings. The van der Waals surface area contributed by atoms with Crippen LogP contribution in [-0.2, 0) is 0 Å². The number of hydrogen-bond acceptors (Lipinski definition) is 5. The second-order valence-corrected chi connectivity index (χ2v) is 5.35. The van der Waals surface area contributed by atoms with Gasteiger partial charge in [-0.15, -0.1) is 0 Å². The Balaban J connectivity index is 2.17. The number of hydrogen-bond donors (Lipinski definition) is 3. The van der Waals surface area contributed by atoms with Gasteiger partial charge in [0.1, 0.15) is 5.69 Å². The van der Waals surface area contributed by atoms with Crippen molar-refractivity contribution in [2.24, 2.45) is 11.3 Å². The van der Waals surface area contributed by atoms with E-state index >= 15 is 0 Å². The van der Waals surface area contributed by atoms with Crippen molar-refractivity contribution in [2.45, 2.75) is 26.3 Å². The molecule has 102 valence electrons. The van der Waals surface area contributed by atoms with E-state index in [0.717, 1.165) is 6.42 Å². The van der Waals surface area contributed by atoms with Crippen LogP contribution in [-0.4, -0.2) is 16.9 Å². The Morgan fingerprint density at radius 2 is 2.16 bits per heavy atom. The van der Waals surface area contributed by atoms with E-state index in [1.807, 2.05) is 0 Å². The molecule has 0 heterocycles. The Morgan fingerprint density at radius 1 is 1.53 bits per heavy atom. The maximum atomic E-state index is 12.0. The van der Waals surface area contributed by atoms with Crippen LogP contribution in [0.4, 0.5) is 11.4 Å². The second-order valence-electron chi connectivity index (χ2n) is 5.35. The van der Waals surface area contributed by atoms with Gasteiger partial charge < -0.3 is 10.7 Å². The van der Waals surface area contributed by atoms with Gasteiger partial charge in [-0.3, -0.25) is 20.8 Å². The number of carbonyl (C=O) groups is 1. The van der Waals surface area contributed by atoms with E-state index in [9.17, 15) is 14.9 Å². The zero-order valence-electron chi connectivity index (χ0n) is 10.8. The Morgan fingerprint density at radius 3 is 2.63 bits per heavy atom. The van der Waals surface area contributed by atoms with Crippen molar-refractivity contribution in [3.8, 4) is 0 Å². The molecule has 7 heteroatoms. The lowest BCUT2D eigenvalue weighted by atomic mass is 10.1. The van der Waals surface area contributed by atoms with Crippen molar-refractivity contribution < 1.29 is 9.72 Å². The molecule has 0 saturated heterocycles. The first-order chi connectivity index (χ1) is 8.85. The molecule has 0 radical (unpaired) electrons.